The summed E-state index contributed by atoms with van der Waals surface area (Å²) >= 11 is 0. The largest absolute Gasteiger partial charge is 0.452 e. The molecule has 0 aliphatic heterocycles. The number of esters is 1. The first-order valence-electron chi connectivity index (χ1n) is 8.27. The molecule has 0 saturated carbocycles. The van der Waals surface area contributed by atoms with Crippen molar-refractivity contribution < 1.29 is 18.7 Å². The Hall–Kier alpha value is -2.96. The molecule has 7 heteroatoms. The van der Waals surface area contributed by atoms with Crippen molar-refractivity contribution in [2.45, 2.75) is 32.7 Å². The van der Waals surface area contributed by atoms with Crippen LogP contribution < -0.4 is 10.6 Å². The molecule has 2 N–H and O–H groups in total. The number of carbonyl (C=O) groups excluding carboxylic acids is 2. The van der Waals surface area contributed by atoms with Gasteiger partial charge in [0, 0.05) is 11.7 Å². The Bertz CT molecular complexity index is 793. The Kier molecular flexibility index (Phi) is 6.27. The Labute approximate surface area is 151 Å². The Morgan fingerprint density at radius 3 is 2.62 bits per heavy atom. The van der Waals surface area contributed by atoms with Gasteiger partial charge in [-0.2, -0.15) is 0 Å². The second-order valence-corrected chi connectivity index (χ2v) is 6.37. The lowest BCUT2D eigenvalue weighted by Gasteiger charge is -2.24. The predicted molar refractivity (Wildman–Crippen MR) is 96.7 cm³/mol. The van der Waals surface area contributed by atoms with E-state index in [1.807, 2.05) is 20.8 Å². The summed E-state index contributed by atoms with van der Waals surface area (Å²) in [5.74, 6) is -1.44. The van der Waals surface area contributed by atoms with E-state index in [-0.39, 0.29) is 22.6 Å². The van der Waals surface area contributed by atoms with Crippen LogP contribution in [-0.4, -0.2) is 29.0 Å². The standard InChI is InChI=1S/C19H22FN3O3/c1-4-19(2,3)23-16(24)12-26-18(25)13-8-7-11-21-17(13)22-15-10-6-5-9-14(15)20/h5-11H,4,12H2,1-3H3,(H,21,22)(H,23,24). The van der Waals surface area contributed by atoms with Gasteiger partial charge < -0.3 is 15.4 Å². The molecule has 0 unspecified atom stereocenters. The zero-order chi connectivity index (χ0) is 19.2. The number of halogens is 1. The summed E-state index contributed by atoms with van der Waals surface area (Å²) in [7, 11) is 0. The number of amides is 1. The fraction of sp³-hybridized carbons (Fsp3) is 0.316. The first kappa shape index (κ1) is 19.4. The molecule has 1 amide bonds. The highest BCUT2D eigenvalue weighted by Crippen LogP contribution is 2.21. The van der Waals surface area contributed by atoms with Crippen LogP contribution in [0.2, 0.25) is 0 Å². The summed E-state index contributed by atoms with van der Waals surface area (Å²) < 4.78 is 18.9. The molecule has 0 spiro atoms. The summed E-state index contributed by atoms with van der Waals surface area (Å²) in [4.78, 5) is 28.3. The molecule has 138 valence electrons. The van der Waals surface area contributed by atoms with Gasteiger partial charge >= 0.3 is 5.97 Å². The van der Waals surface area contributed by atoms with Gasteiger partial charge in [-0.15, -0.1) is 0 Å². The third kappa shape index (κ3) is 5.27. The number of nitrogens with zero attached hydrogens (tertiary/aromatic N) is 1. The number of ether oxygens (including phenoxy) is 1. The summed E-state index contributed by atoms with van der Waals surface area (Å²) in [5, 5.41) is 5.55. The van der Waals surface area contributed by atoms with Crippen LogP contribution in [0, 0.1) is 5.82 Å². The predicted octanol–water partition coefficient (Wildman–Crippen LogP) is 3.43. The van der Waals surface area contributed by atoms with Crippen LogP contribution in [-0.2, 0) is 9.53 Å². The second-order valence-electron chi connectivity index (χ2n) is 6.37. The van der Waals surface area contributed by atoms with Crippen molar-refractivity contribution in [3.05, 3.63) is 54.0 Å². The maximum Gasteiger partial charge on any atom is 0.342 e. The highest BCUT2D eigenvalue weighted by Gasteiger charge is 2.20. The molecule has 0 atom stereocenters. The van der Waals surface area contributed by atoms with E-state index in [1.54, 1.807) is 18.2 Å². The van der Waals surface area contributed by atoms with Crippen molar-refractivity contribution in [2.24, 2.45) is 0 Å². The van der Waals surface area contributed by atoms with Gasteiger partial charge in [-0.25, -0.2) is 14.2 Å². The molecule has 1 heterocycles. The molecule has 2 aromatic rings. The van der Waals surface area contributed by atoms with Gasteiger partial charge in [0.1, 0.15) is 17.2 Å². The lowest BCUT2D eigenvalue weighted by molar-refractivity contribution is -0.125. The topological polar surface area (TPSA) is 80.3 Å². The van der Waals surface area contributed by atoms with Gasteiger partial charge in [-0.3, -0.25) is 4.79 Å². The highest BCUT2D eigenvalue weighted by atomic mass is 19.1. The molecule has 6 nitrogen and oxygen atoms in total. The number of hydrogen-bond acceptors (Lipinski definition) is 5. The van der Waals surface area contributed by atoms with E-state index in [0.717, 1.165) is 6.42 Å². The molecular weight excluding hydrogens is 337 g/mol. The minimum atomic E-state index is -0.721. The van der Waals surface area contributed by atoms with Crippen molar-refractivity contribution in [2.75, 3.05) is 11.9 Å². The first-order valence-corrected chi connectivity index (χ1v) is 8.27. The lowest BCUT2D eigenvalue weighted by atomic mass is 10.0. The smallest absolute Gasteiger partial charge is 0.342 e. The molecule has 0 radical (unpaired) electrons. The summed E-state index contributed by atoms with van der Waals surface area (Å²) in [5.41, 5.74) is -0.0870. The van der Waals surface area contributed by atoms with Crippen LogP contribution in [0.4, 0.5) is 15.9 Å². The number of nitrogens with one attached hydrogen (secondary N) is 2. The lowest BCUT2D eigenvalue weighted by Crippen LogP contribution is -2.44. The Morgan fingerprint density at radius 2 is 1.92 bits per heavy atom. The van der Waals surface area contributed by atoms with Gasteiger partial charge in [0.2, 0.25) is 0 Å². The summed E-state index contributed by atoms with van der Waals surface area (Å²) in [6, 6.07) is 9.09. The molecule has 1 aromatic heterocycles. The van der Waals surface area contributed by atoms with E-state index < -0.39 is 24.3 Å². The molecule has 0 aliphatic rings. The molecule has 1 aromatic carbocycles. The number of hydrogen-bond donors (Lipinski definition) is 2. The number of carbonyl (C=O) groups is 2. The average molecular weight is 359 g/mol. The van der Waals surface area contributed by atoms with Crippen LogP contribution in [0.3, 0.4) is 0 Å². The van der Waals surface area contributed by atoms with Crippen LogP contribution in [0.25, 0.3) is 0 Å². The third-order valence-electron chi connectivity index (χ3n) is 3.85. The fourth-order valence-corrected chi connectivity index (χ4v) is 2.07. The average Bonchev–Trinajstić information content (AvgIpc) is 2.62. The highest BCUT2D eigenvalue weighted by molar-refractivity contribution is 5.96. The Morgan fingerprint density at radius 1 is 1.19 bits per heavy atom. The monoisotopic (exact) mass is 359 g/mol. The van der Waals surface area contributed by atoms with Crippen LogP contribution in [0.5, 0.6) is 0 Å². The maximum atomic E-state index is 13.8. The molecule has 2 rings (SSSR count). The van der Waals surface area contributed by atoms with E-state index in [4.69, 9.17) is 4.74 Å². The van der Waals surface area contributed by atoms with Gasteiger partial charge in [0.25, 0.3) is 5.91 Å². The SMILES string of the molecule is CCC(C)(C)NC(=O)COC(=O)c1cccnc1Nc1ccccc1F. The van der Waals surface area contributed by atoms with Gasteiger partial charge in [-0.1, -0.05) is 19.1 Å². The van der Waals surface area contributed by atoms with Crippen molar-refractivity contribution >= 4 is 23.4 Å². The number of rotatable bonds is 7. The van der Waals surface area contributed by atoms with Crippen LogP contribution >= 0.6 is 0 Å². The minimum Gasteiger partial charge on any atom is -0.452 e. The maximum absolute atomic E-state index is 13.8. The van der Waals surface area contributed by atoms with Crippen molar-refractivity contribution in [3.63, 3.8) is 0 Å². The molecular formula is C19H22FN3O3. The molecule has 0 saturated heterocycles. The third-order valence-corrected chi connectivity index (χ3v) is 3.85. The number of aromatic nitrogens is 1. The number of pyridine rings is 1. The number of para-hydroxylation sites is 1. The zero-order valence-corrected chi connectivity index (χ0v) is 15.0. The molecule has 0 bridgehead atoms. The van der Waals surface area contributed by atoms with Gasteiger partial charge in [0.15, 0.2) is 6.61 Å². The van der Waals surface area contributed by atoms with E-state index in [1.165, 1.54) is 24.4 Å². The summed E-state index contributed by atoms with van der Waals surface area (Å²) in [6.45, 7) is 5.30. The van der Waals surface area contributed by atoms with E-state index in [2.05, 4.69) is 15.6 Å². The van der Waals surface area contributed by atoms with Crippen LogP contribution in [0.1, 0.15) is 37.6 Å². The molecule has 0 fully saturated rings. The van der Waals surface area contributed by atoms with Crippen molar-refractivity contribution in [3.8, 4) is 0 Å². The normalized spacial score (nSPS) is 10.9. The van der Waals surface area contributed by atoms with E-state index in [0.29, 0.717) is 0 Å². The molecule has 26 heavy (non-hydrogen) atoms. The van der Waals surface area contributed by atoms with Crippen LogP contribution in [0.15, 0.2) is 42.6 Å². The molecule has 0 aliphatic carbocycles. The summed E-state index contributed by atoms with van der Waals surface area (Å²) in [6.07, 6.45) is 2.21. The Balaban J connectivity index is 2.06. The minimum absolute atomic E-state index is 0.110. The van der Waals surface area contributed by atoms with E-state index >= 15 is 0 Å². The van der Waals surface area contributed by atoms with Gasteiger partial charge in [-0.05, 0) is 44.5 Å². The van der Waals surface area contributed by atoms with E-state index in [9.17, 15) is 14.0 Å². The fourth-order valence-electron chi connectivity index (χ4n) is 2.07. The second kappa shape index (κ2) is 8.42. The first-order chi connectivity index (χ1) is 12.3. The van der Waals surface area contributed by atoms with Crippen molar-refractivity contribution in [1.29, 1.82) is 0 Å². The van der Waals surface area contributed by atoms with Crippen molar-refractivity contribution in [1.82, 2.24) is 10.3 Å². The van der Waals surface area contributed by atoms with Gasteiger partial charge in [0.05, 0.1) is 5.69 Å². The zero-order valence-electron chi connectivity index (χ0n) is 15.0. The quantitative estimate of drug-likeness (QED) is 0.741. The number of anilines is 2. The number of benzene rings is 1.